The Balaban J connectivity index is 1.94. The van der Waals surface area contributed by atoms with Crippen molar-refractivity contribution in [2.75, 3.05) is 13.1 Å². The molecule has 2 heterocycles. The van der Waals surface area contributed by atoms with Gasteiger partial charge in [-0.15, -0.1) is 0 Å². The Kier molecular flexibility index (Phi) is 2.41. The molecule has 2 saturated heterocycles. The zero-order valence-electron chi connectivity index (χ0n) is 9.69. The predicted octanol–water partition coefficient (Wildman–Crippen LogP) is 1.20. The van der Waals surface area contributed by atoms with E-state index in [-0.39, 0.29) is 6.09 Å². The second-order valence-electron chi connectivity index (χ2n) is 5.60. The molecule has 3 rings (SSSR count). The van der Waals surface area contributed by atoms with Crippen molar-refractivity contribution in [3.8, 4) is 0 Å². The Morgan fingerprint density at radius 2 is 2.20 bits per heavy atom. The summed E-state index contributed by atoms with van der Waals surface area (Å²) in [6.45, 7) is 7.21. The average molecular weight is 212 g/mol. The fourth-order valence-electron chi connectivity index (χ4n) is 2.61. The molecule has 4 heteroatoms. The van der Waals surface area contributed by atoms with Gasteiger partial charge in [-0.25, -0.2) is 4.79 Å². The minimum absolute atomic E-state index is 0.175. The normalized spacial score (nSPS) is 33.9. The molecule has 15 heavy (non-hydrogen) atoms. The van der Waals surface area contributed by atoms with Gasteiger partial charge in [-0.1, -0.05) is 0 Å². The van der Waals surface area contributed by atoms with E-state index in [1.54, 1.807) is 0 Å². The maximum absolute atomic E-state index is 11.8. The van der Waals surface area contributed by atoms with Crippen molar-refractivity contribution in [2.24, 2.45) is 17.6 Å². The molecule has 4 nitrogen and oxygen atoms in total. The number of hydrogen-bond acceptors (Lipinski definition) is 3. The van der Waals surface area contributed by atoms with Crippen LogP contribution in [0.15, 0.2) is 0 Å². The molecule has 86 valence electrons. The summed E-state index contributed by atoms with van der Waals surface area (Å²) in [4.78, 5) is 13.7. The molecule has 3 atom stereocenters. The molecular weight excluding hydrogens is 192 g/mol. The molecular formula is C11H20N2O2. The smallest absolute Gasteiger partial charge is 0.410 e. The van der Waals surface area contributed by atoms with Gasteiger partial charge < -0.3 is 15.4 Å². The highest BCUT2D eigenvalue weighted by Crippen LogP contribution is 2.46. The number of amides is 1. The molecule has 0 spiro atoms. The van der Waals surface area contributed by atoms with Gasteiger partial charge in [0.2, 0.25) is 0 Å². The standard InChI is InChI=1S/C11H20N2O2/c1-11(2,3)15-10(14)13-6-7-4-9(13)8(7)5-12/h7-9H,4-6,12H2,1-3H3/t7-,8+,9-/m0/s1. The van der Waals surface area contributed by atoms with Gasteiger partial charge in [-0.2, -0.15) is 0 Å². The van der Waals surface area contributed by atoms with Gasteiger partial charge in [0.15, 0.2) is 0 Å². The third-order valence-electron chi connectivity index (χ3n) is 3.38. The van der Waals surface area contributed by atoms with Gasteiger partial charge in [0.1, 0.15) is 5.60 Å². The number of ether oxygens (including phenoxy) is 1. The molecule has 2 aliphatic heterocycles. The molecule has 0 radical (unpaired) electrons. The van der Waals surface area contributed by atoms with Gasteiger partial charge in [-0.3, -0.25) is 0 Å². The van der Waals surface area contributed by atoms with Crippen molar-refractivity contribution >= 4 is 6.09 Å². The first-order chi connectivity index (χ1) is 6.92. The second-order valence-corrected chi connectivity index (χ2v) is 5.60. The number of carbonyl (C=O) groups is 1. The Bertz CT molecular complexity index is 272. The maximum Gasteiger partial charge on any atom is 0.410 e. The van der Waals surface area contributed by atoms with Crippen LogP contribution in [-0.2, 0) is 4.74 Å². The summed E-state index contributed by atoms with van der Waals surface area (Å²) in [5.74, 6) is 1.13. The van der Waals surface area contributed by atoms with Crippen LogP contribution in [0.3, 0.4) is 0 Å². The molecule has 1 aliphatic carbocycles. The Hall–Kier alpha value is -0.770. The first kappa shape index (κ1) is 10.7. The molecule has 2 N–H and O–H groups in total. The van der Waals surface area contributed by atoms with Crippen molar-refractivity contribution in [1.29, 1.82) is 0 Å². The van der Waals surface area contributed by atoms with E-state index in [2.05, 4.69) is 0 Å². The van der Waals surface area contributed by atoms with E-state index in [9.17, 15) is 4.79 Å². The van der Waals surface area contributed by atoms with E-state index in [1.165, 1.54) is 0 Å². The Morgan fingerprint density at radius 3 is 2.67 bits per heavy atom. The fraction of sp³-hybridized carbons (Fsp3) is 0.909. The average Bonchev–Trinajstić information content (AvgIpc) is 2.56. The van der Waals surface area contributed by atoms with Crippen LogP contribution in [0.4, 0.5) is 4.79 Å². The summed E-state index contributed by atoms with van der Waals surface area (Å²) in [5.41, 5.74) is 5.26. The lowest BCUT2D eigenvalue weighted by Crippen LogP contribution is -2.45. The monoisotopic (exact) mass is 212 g/mol. The van der Waals surface area contributed by atoms with E-state index in [1.807, 2.05) is 25.7 Å². The molecule has 0 unspecified atom stereocenters. The number of rotatable bonds is 1. The predicted molar refractivity (Wildman–Crippen MR) is 57.4 cm³/mol. The number of nitrogens with two attached hydrogens (primary N) is 1. The van der Waals surface area contributed by atoms with Crippen LogP contribution in [0.2, 0.25) is 0 Å². The third kappa shape index (κ3) is 1.83. The number of nitrogens with zero attached hydrogens (tertiary/aromatic N) is 1. The highest BCUT2D eigenvalue weighted by Gasteiger charge is 2.53. The highest BCUT2D eigenvalue weighted by molar-refractivity contribution is 5.69. The molecule has 0 aromatic carbocycles. The minimum Gasteiger partial charge on any atom is -0.444 e. The molecule has 0 aromatic rings. The first-order valence-electron chi connectivity index (χ1n) is 5.62. The lowest BCUT2D eigenvalue weighted by molar-refractivity contribution is 0.0207. The van der Waals surface area contributed by atoms with E-state index in [0.29, 0.717) is 24.4 Å². The van der Waals surface area contributed by atoms with Crippen LogP contribution < -0.4 is 5.73 Å². The second kappa shape index (κ2) is 3.37. The molecule has 1 amide bonds. The van der Waals surface area contributed by atoms with Crippen LogP contribution >= 0.6 is 0 Å². The molecule has 2 bridgehead atoms. The third-order valence-corrected chi connectivity index (χ3v) is 3.38. The van der Waals surface area contributed by atoms with Crippen molar-refractivity contribution in [3.63, 3.8) is 0 Å². The van der Waals surface area contributed by atoms with Crippen LogP contribution in [0, 0.1) is 11.8 Å². The quantitative estimate of drug-likeness (QED) is 0.710. The molecule has 0 aromatic heterocycles. The van der Waals surface area contributed by atoms with Gasteiger partial charge in [0.05, 0.1) is 0 Å². The summed E-state index contributed by atoms with van der Waals surface area (Å²) >= 11 is 0. The summed E-state index contributed by atoms with van der Waals surface area (Å²) < 4.78 is 5.36. The van der Waals surface area contributed by atoms with Crippen LogP contribution in [0.25, 0.3) is 0 Å². The summed E-state index contributed by atoms with van der Waals surface area (Å²) in [6.07, 6.45) is 0.937. The minimum atomic E-state index is -0.401. The van der Waals surface area contributed by atoms with Crippen molar-refractivity contribution in [2.45, 2.75) is 38.8 Å². The summed E-state index contributed by atoms with van der Waals surface area (Å²) in [7, 11) is 0. The van der Waals surface area contributed by atoms with E-state index in [0.717, 1.165) is 13.0 Å². The fourth-order valence-corrected chi connectivity index (χ4v) is 2.61. The zero-order chi connectivity index (χ0) is 11.2. The number of hydrogen-bond donors (Lipinski definition) is 1. The largest absolute Gasteiger partial charge is 0.444 e. The topological polar surface area (TPSA) is 55.6 Å². The van der Waals surface area contributed by atoms with E-state index < -0.39 is 5.60 Å². The summed E-state index contributed by atoms with van der Waals surface area (Å²) in [6, 6.07) is 0.342. The molecule has 3 fully saturated rings. The van der Waals surface area contributed by atoms with Crippen LogP contribution in [-0.4, -0.2) is 35.7 Å². The first-order valence-corrected chi connectivity index (χ1v) is 5.62. The molecule has 1 saturated carbocycles. The van der Waals surface area contributed by atoms with Crippen molar-refractivity contribution < 1.29 is 9.53 Å². The Labute approximate surface area is 90.8 Å². The zero-order valence-corrected chi connectivity index (χ0v) is 9.69. The molecule has 3 aliphatic rings. The van der Waals surface area contributed by atoms with Gasteiger partial charge >= 0.3 is 6.09 Å². The van der Waals surface area contributed by atoms with Gasteiger partial charge in [0.25, 0.3) is 0 Å². The number of carbonyl (C=O) groups excluding carboxylic acids is 1. The van der Waals surface area contributed by atoms with E-state index in [4.69, 9.17) is 10.5 Å². The maximum atomic E-state index is 11.8. The van der Waals surface area contributed by atoms with Crippen molar-refractivity contribution in [1.82, 2.24) is 4.90 Å². The number of fused-ring (bicyclic) bond motifs is 1. The van der Waals surface area contributed by atoms with Gasteiger partial charge in [0, 0.05) is 12.6 Å². The van der Waals surface area contributed by atoms with Gasteiger partial charge in [-0.05, 0) is 45.6 Å². The summed E-state index contributed by atoms with van der Waals surface area (Å²) in [5, 5.41) is 0. The Morgan fingerprint density at radius 1 is 1.53 bits per heavy atom. The highest BCUT2D eigenvalue weighted by atomic mass is 16.6. The van der Waals surface area contributed by atoms with Crippen LogP contribution in [0.1, 0.15) is 27.2 Å². The van der Waals surface area contributed by atoms with E-state index >= 15 is 0 Å². The van der Waals surface area contributed by atoms with Crippen molar-refractivity contribution in [3.05, 3.63) is 0 Å². The van der Waals surface area contributed by atoms with Crippen LogP contribution in [0.5, 0.6) is 0 Å². The lowest BCUT2D eigenvalue weighted by Gasteiger charge is -2.35. The lowest BCUT2D eigenvalue weighted by atomic mass is 9.74. The SMILES string of the molecule is CC(C)(C)OC(=O)N1C[C@@H]2C[C@H]1[C@@H]2CN.